The molecule has 0 bridgehead atoms. The minimum atomic E-state index is -3.63. The molecule has 6 heteroatoms. The fraction of sp³-hybridized carbons (Fsp3) is 0.350. The Bertz CT molecular complexity index is 907. The number of benzene rings is 2. The van der Waals surface area contributed by atoms with Crippen LogP contribution >= 0.6 is 0 Å². The van der Waals surface area contributed by atoms with Crippen molar-refractivity contribution in [3.8, 4) is 0 Å². The number of carbonyl (C=O) groups excluding carboxylic acids is 1. The lowest BCUT2D eigenvalue weighted by atomic mass is 10.1. The minimum Gasteiger partial charge on any atom is -0.324 e. The summed E-state index contributed by atoms with van der Waals surface area (Å²) in [6.07, 6.45) is 1.49. The number of nitrogens with zero attached hydrogens (tertiary/aromatic N) is 1. The van der Waals surface area contributed by atoms with Crippen LogP contribution in [0.1, 0.15) is 30.0 Å². The van der Waals surface area contributed by atoms with Gasteiger partial charge in [-0.2, -0.15) is 0 Å². The molecule has 0 spiro atoms. The van der Waals surface area contributed by atoms with E-state index in [1.165, 1.54) is 4.31 Å². The molecule has 0 saturated carbocycles. The fourth-order valence-electron chi connectivity index (χ4n) is 2.91. The van der Waals surface area contributed by atoms with Crippen molar-refractivity contribution < 1.29 is 13.2 Å². The minimum absolute atomic E-state index is 0.340. The predicted molar refractivity (Wildman–Crippen MR) is 107 cm³/mol. The summed E-state index contributed by atoms with van der Waals surface area (Å²) in [4.78, 5) is 12.9. The summed E-state index contributed by atoms with van der Waals surface area (Å²) in [5, 5.41) is 2.89. The van der Waals surface area contributed by atoms with Gasteiger partial charge in [0, 0.05) is 5.69 Å². The molecule has 0 aliphatic heterocycles. The molecule has 5 nitrogen and oxygen atoms in total. The van der Waals surface area contributed by atoms with Crippen molar-refractivity contribution in [2.75, 3.05) is 15.9 Å². The monoisotopic (exact) mass is 374 g/mol. The zero-order valence-electron chi connectivity index (χ0n) is 15.9. The van der Waals surface area contributed by atoms with Gasteiger partial charge in [0.2, 0.25) is 15.9 Å². The number of amides is 1. The van der Waals surface area contributed by atoms with Gasteiger partial charge in [-0.25, -0.2) is 8.42 Å². The number of nitrogens with one attached hydrogen (secondary N) is 1. The van der Waals surface area contributed by atoms with Crippen molar-refractivity contribution in [1.29, 1.82) is 0 Å². The van der Waals surface area contributed by atoms with E-state index < -0.39 is 16.1 Å². The maximum absolute atomic E-state index is 12.9. The molecule has 1 N–H and O–H groups in total. The fourth-order valence-corrected chi connectivity index (χ4v) is 4.12. The lowest BCUT2D eigenvalue weighted by Gasteiger charge is -2.30. The molecule has 0 aliphatic carbocycles. The average Bonchev–Trinajstić information content (AvgIpc) is 2.54. The second kappa shape index (κ2) is 7.91. The van der Waals surface area contributed by atoms with Gasteiger partial charge >= 0.3 is 0 Å². The van der Waals surface area contributed by atoms with E-state index in [9.17, 15) is 13.2 Å². The van der Waals surface area contributed by atoms with Crippen molar-refractivity contribution >= 4 is 27.3 Å². The van der Waals surface area contributed by atoms with Crippen molar-refractivity contribution in [3.63, 3.8) is 0 Å². The molecule has 2 rings (SSSR count). The van der Waals surface area contributed by atoms with Gasteiger partial charge in [-0.1, -0.05) is 31.2 Å². The van der Waals surface area contributed by atoms with E-state index in [1.807, 2.05) is 45.0 Å². The van der Waals surface area contributed by atoms with Crippen molar-refractivity contribution in [2.45, 2.75) is 40.2 Å². The van der Waals surface area contributed by atoms with Crippen molar-refractivity contribution in [2.24, 2.45) is 0 Å². The van der Waals surface area contributed by atoms with E-state index in [-0.39, 0.29) is 5.91 Å². The smallest absolute Gasteiger partial charge is 0.248 e. The molecule has 0 unspecified atom stereocenters. The molecule has 1 atom stereocenters. The maximum Gasteiger partial charge on any atom is 0.248 e. The van der Waals surface area contributed by atoms with Crippen LogP contribution in [0.5, 0.6) is 0 Å². The first-order valence-electron chi connectivity index (χ1n) is 8.57. The molecule has 0 heterocycles. The van der Waals surface area contributed by atoms with Crippen LogP contribution in [0.2, 0.25) is 0 Å². The quantitative estimate of drug-likeness (QED) is 0.836. The average molecular weight is 375 g/mol. The molecule has 0 saturated heterocycles. The second-order valence-corrected chi connectivity index (χ2v) is 8.49. The Hall–Kier alpha value is -2.34. The first kappa shape index (κ1) is 20.0. The van der Waals surface area contributed by atoms with Crippen LogP contribution in [0.4, 0.5) is 11.4 Å². The summed E-state index contributed by atoms with van der Waals surface area (Å²) >= 11 is 0. The van der Waals surface area contributed by atoms with Crippen molar-refractivity contribution in [3.05, 3.63) is 59.2 Å². The van der Waals surface area contributed by atoms with Crippen LogP contribution in [-0.4, -0.2) is 26.6 Å². The van der Waals surface area contributed by atoms with E-state index >= 15 is 0 Å². The summed E-state index contributed by atoms with van der Waals surface area (Å²) in [7, 11) is -3.63. The normalized spacial score (nSPS) is 12.5. The van der Waals surface area contributed by atoms with Crippen LogP contribution < -0.4 is 9.62 Å². The predicted octanol–water partition coefficient (Wildman–Crippen LogP) is 3.80. The standard InChI is InChI=1S/C20H26N2O3S/c1-6-19(20(23)21-18-13-15(3)10-11-16(18)4)22(26(5,24)25)17-9-7-8-14(2)12-17/h7-13,19H,6H2,1-5H3,(H,21,23)/t19-/m1/s1. The van der Waals surface area contributed by atoms with Gasteiger partial charge in [-0.15, -0.1) is 0 Å². The van der Waals surface area contributed by atoms with E-state index in [2.05, 4.69) is 5.32 Å². The molecule has 0 aliphatic rings. The molecular formula is C20H26N2O3S. The van der Waals surface area contributed by atoms with Gasteiger partial charge in [0.1, 0.15) is 6.04 Å². The number of carbonyl (C=O) groups is 1. The lowest BCUT2D eigenvalue weighted by Crippen LogP contribution is -2.47. The third-order valence-electron chi connectivity index (χ3n) is 4.24. The maximum atomic E-state index is 12.9. The third-order valence-corrected chi connectivity index (χ3v) is 5.42. The van der Waals surface area contributed by atoms with Crippen LogP contribution in [0.15, 0.2) is 42.5 Å². The Balaban J connectivity index is 2.41. The van der Waals surface area contributed by atoms with Crippen LogP contribution in [0.25, 0.3) is 0 Å². The zero-order valence-corrected chi connectivity index (χ0v) is 16.7. The highest BCUT2D eigenvalue weighted by atomic mass is 32.2. The Kier molecular flexibility index (Phi) is 6.08. The molecule has 0 aromatic heterocycles. The number of hydrogen-bond donors (Lipinski definition) is 1. The highest BCUT2D eigenvalue weighted by molar-refractivity contribution is 7.92. The topological polar surface area (TPSA) is 66.5 Å². The summed E-state index contributed by atoms with van der Waals surface area (Å²) < 4.78 is 26.1. The Morgan fingerprint density at radius 3 is 2.31 bits per heavy atom. The van der Waals surface area contributed by atoms with Gasteiger partial charge in [-0.3, -0.25) is 9.10 Å². The number of hydrogen-bond acceptors (Lipinski definition) is 3. The molecular weight excluding hydrogens is 348 g/mol. The van der Waals surface area contributed by atoms with Crippen LogP contribution in [0.3, 0.4) is 0 Å². The molecule has 0 radical (unpaired) electrons. The summed E-state index contributed by atoms with van der Waals surface area (Å²) in [5.74, 6) is -0.340. The number of rotatable bonds is 6. The van der Waals surface area contributed by atoms with E-state index in [4.69, 9.17) is 0 Å². The second-order valence-electron chi connectivity index (χ2n) is 6.63. The first-order valence-corrected chi connectivity index (χ1v) is 10.4. The summed E-state index contributed by atoms with van der Waals surface area (Å²) in [6, 6.07) is 12.1. The van der Waals surface area contributed by atoms with Crippen LogP contribution in [-0.2, 0) is 14.8 Å². The van der Waals surface area contributed by atoms with Gasteiger partial charge in [0.25, 0.3) is 0 Å². The molecule has 0 fully saturated rings. The van der Waals surface area contributed by atoms with Gasteiger partial charge in [0.15, 0.2) is 0 Å². The molecule has 26 heavy (non-hydrogen) atoms. The van der Waals surface area contributed by atoms with E-state index in [0.29, 0.717) is 17.8 Å². The highest BCUT2D eigenvalue weighted by Gasteiger charge is 2.31. The van der Waals surface area contributed by atoms with E-state index in [0.717, 1.165) is 22.9 Å². The molecule has 2 aromatic carbocycles. The Morgan fingerprint density at radius 1 is 1.08 bits per heavy atom. The Labute approximate surface area is 156 Å². The number of anilines is 2. The molecule has 1 amide bonds. The van der Waals surface area contributed by atoms with Gasteiger partial charge < -0.3 is 5.32 Å². The van der Waals surface area contributed by atoms with Gasteiger partial charge in [-0.05, 0) is 62.1 Å². The van der Waals surface area contributed by atoms with Crippen LogP contribution in [0, 0.1) is 20.8 Å². The van der Waals surface area contributed by atoms with Gasteiger partial charge in [0.05, 0.1) is 11.9 Å². The summed E-state index contributed by atoms with van der Waals surface area (Å²) in [6.45, 7) is 7.55. The largest absolute Gasteiger partial charge is 0.324 e. The number of sulfonamides is 1. The SMILES string of the molecule is CC[C@H](C(=O)Nc1cc(C)ccc1C)N(c1cccc(C)c1)S(C)(=O)=O. The molecule has 2 aromatic rings. The summed E-state index contributed by atoms with van der Waals surface area (Å²) in [5.41, 5.74) is 4.08. The third kappa shape index (κ3) is 4.64. The lowest BCUT2D eigenvalue weighted by molar-refractivity contribution is -0.117. The zero-order chi connectivity index (χ0) is 19.5. The highest BCUT2D eigenvalue weighted by Crippen LogP contribution is 2.25. The molecule has 140 valence electrons. The van der Waals surface area contributed by atoms with E-state index in [1.54, 1.807) is 25.1 Å². The first-order chi connectivity index (χ1) is 12.1. The van der Waals surface area contributed by atoms with Crippen molar-refractivity contribution in [1.82, 2.24) is 0 Å². The number of aryl methyl sites for hydroxylation is 3. The Morgan fingerprint density at radius 2 is 1.73 bits per heavy atom.